The number of phenolic OH excluding ortho intramolecular Hbond substituents is 1. The van der Waals surface area contributed by atoms with Gasteiger partial charge < -0.3 is 10.4 Å². The van der Waals surface area contributed by atoms with Crippen molar-refractivity contribution in [3.05, 3.63) is 23.8 Å². The molecule has 1 aromatic carbocycles. The Hall–Kier alpha value is -1.64. The smallest absolute Gasteiger partial charge is 0.398 e. The van der Waals surface area contributed by atoms with Gasteiger partial charge in [0.1, 0.15) is 5.75 Å². The van der Waals surface area contributed by atoms with Gasteiger partial charge in [0.25, 0.3) is 5.91 Å². The Morgan fingerprint density at radius 3 is 2.69 bits per heavy atom. The molecule has 8 heteroatoms. The van der Waals surface area contributed by atoms with Crippen LogP contribution in [0, 0.1) is 0 Å². The van der Waals surface area contributed by atoms with Crippen molar-refractivity contribution >= 4 is 22.0 Å². The van der Waals surface area contributed by atoms with Crippen LogP contribution in [-0.4, -0.2) is 24.0 Å². The molecule has 1 amide bonds. The number of anilines is 1. The zero-order chi connectivity index (χ0) is 11.9. The Kier molecular flexibility index (Phi) is 2.34. The van der Waals surface area contributed by atoms with Crippen LogP contribution in [0.15, 0.2) is 18.2 Å². The Bertz CT molecular complexity index is 552. The number of hydrogen-bond acceptors (Lipinski definition) is 5. The first-order chi connectivity index (χ1) is 7.37. The molecule has 0 bridgehead atoms. The van der Waals surface area contributed by atoms with Crippen molar-refractivity contribution in [2.45, 2.75) is 6.10 Å². The highest BCUT2D eigenvalue weighted by Crippen LogP contribution is 2.36. The minimum Gasteiger partial charge on any atom is -0.508 e. The first kappa shape index (κ1) is 10.9. The monoisotopic (exact) mass is 245 g/mol. The van der Waals surface area contributed by atoms with E-state index in [4.69, 9.17) is 4.55 Å². The van der Waals surface area contributed by atoms with Gasteiger partial charge in [0, 0.05) is 11.3 Å². The number of phenols is 1. The van der Waals surface area contributed by atoms with Crippen molar-refractivity contribution in [1.29, 1.82) is 0 Å². The van der Waals surface area contributed by atoms with Gasteiger partial charge in [0.15, 0.2) is 6.10 Å². The van der Waals surface area contributed by atoms with E-state index in [-0.39, 0.29) is 11.3 Å². The first-order valence-corrected chi connectivity index (χ1v) is 5.53. The van der Waals surface area contributed by atoms with Crippen molar-refractivity contribution in [3.63, 3.8) is 0 Å². The molecule has 0 saturated heterocycles. The van der Waals surface area contributed by atoms with Gasteiger partial charge in [-0.25, -0.2) is 4.18 Å². The molecule has 0 aliphatic carbocycles. The van der Waals surface area contributed by atoms with E-state index in [0.717, 1.165) is 0 Å². The zero-order valence-corrected chi connectivity index (χ0v) is 8.56. The molecule has 1 aliphatic rings. The van der Waals surface area contributed by atoms with Gasteiger partial charge in [0.05, 0.1) is 0 Å². The van der Waals surface area contributed by atoms with E-state index in [0.29, 0.717) is 5.69 Å². The van der Waals surface area contributed by atoms with E-state index in [2.05, 4.69) is 9.50 Å². The van der Waals surface area contributed by atoms with Crippen LogP contribution in [-0.2, 0) is 19.4 Å². The first-order valence-electron chi connectivity index (χ1n) is 4.16. The summed E-state index contributed by atoms with van der Waals surface area (Å²) in [5.74, 6) is -0.864. The Morgan fingerprint density at radius 1 is 1.38 bits per heavy atom. The fourth-order valence-corrected chi connectivity index (χ4v) is 1.87. The van der Waals surface area contributed by atoms with Crippen LogP contribution < -0.4 is 5.32 Å². The standard InChI is InChI=1S/C8H7NO6S/c10-4-1-2-6-5(3-4)7(8(11)9-6)15-16(12,13)14/h1-3,7,10H,(H,9,11)(H,12,13,14). The molecule has 0 saturated carbocycles. The summed E-state index contributed by atoms with van der Waals surface area (Å²) in [7, 11) is -4.74. The van der Waals surface area contributed by atoms with E-state index in [1.165, 1.54) is 18.2 Å². The molecule has 86 valence electrons. The number of nitrogens with one attached hydrogen (secondary N) is 1. The van der Waals surface area contributed by atoms with Crippen molar-refractivity contribution in [2.24, 2.45) is 0 Å². The van der Waals surface area contributed by atoms with E-state index in [9.17, 15) is 18.3 Å². The number of fused-ring (bicyclic) bond motifs is 1. The highest BCUT2D eigenvalue weighted by molar-refractivity contribution is 7.80. The Labute approximate surface area is 90.6 Å². The van der Waals surface area contributed by atoms with Gasteiger partial charge in [-0.2, -0.15) is 8.42 Å². The lowest BCUT2D eigenvalue weighted by Gasteiger charge is -2.06. The van der Waals surface area contributed by atoms with E-state index in [1.54, 1.807) is 0 Å². The second-order valence-corrected chi connectivity index (χ2v) is 4.21. The Morgan fingerprint density at radius 2 is 2.06 bits per heavy atom. The van der Waals surface area contributed by atoms with Crippen LogP contribution in [0.4, 0.5) is 5.69 Å². The number of carbonyl (C=O) groups excluding carboxylic acids is 1. The largest absolute Gasteiger partial charge is 0.508 e. The fourth-order valence-electron chi connectivity index (χ4n) is 1.44. The third-order valence-corrected chi connectivity index (χ3v) is 2.47. The maximum atomic E-state index is 11.3. The summed E-state index contributed by atoms with van der Waals surface area (Å²) in [4.78, 5) is 11.3. The van der Waals surface area contributed by atoms with Gasteiger partial charge >= 0.3 is 10.4 Å². The summed E-state index contributed by atoms with van der Waals surface area (Å²) in [6.07, 6.45) is -1.47. The van der Waals surface area contributed by atoms with Gasteiger partial charge in [-0.15, -0.1) is 0 Å². The third kappa shape index (κ3) is 1.98. The highest BCUT2D eigenvalue weighted by Gasteiger charge is 2.35. The van der Waals surface area contributed by atoms with Crippen molar-refractivity contribution in [1.82, 2.24) is 0 Å². The molecular weight excluding hydrogens is 238 g/mol. The SMILES string of the molecule is O=C1Nc2ccc(O)cc2C1OS(=O)(=O)O. The van der Waals surface area contributed by atoms with E-state index >= 15 is 0 Å². The summed E-state index contributed by atoms with van der Waals surface area (Å²) >= 11 is 0. The summed E-state index contributed by atoms with van der Waals surface area (Å²) in [6.45, 7) is 0. The third-order valence-electron chi connectivity index (χ3n) is 2.03. The topological polar surface area (TPSA) is 113 Å². The highest BCUT2D eigenvalue weighted by atomic mass is 32.3. The normalized spacial score (nSPS) is 19.3. The molecule has 0 fully saturated rings. The van der Waals surface area contributed by atoms with Crippen LogP contribution in [0.3, 0.4) is 0 Å². The van der Waals surface area contributed by atoms with Crippen LogP contribution in [0.1, 0.15) is 11.7 Å². The number of benzene rings is 1. The maximum Gasteiger partial charge on any atom is 0.398 e. The van der Waals surface area contributed by atoms with E-state index < -0.39 is 22.4 Å². The molecule has 0 radical (unpaired) electrons. The van der Waals surface area contributed by atoms with Crippen molar-refractivity contribution in [3.8, 4) is 5.75 Å². The summed E-state index contributed by atoms with van der Waals surface area (Å²) in [5, 5.41) is 11.5. The van der Waals surface area contributed by atoms with Gasteiger partial charge in [-0.1, -0.05) is 0 Å². The number of carbonyl (C=O) groups is 1. The molecule has 1 atom stereocenters. The average molecular weight is 245 g/mol. The van der Waals surface area contributed by atoms with Crippen LogP contribution in [0.25, 0.3) is 0 Å². The maximum absolute atomic E-state index is 11.3. The summed E-state index contributed by atoms with van der Waals surface area (Å²) in [6, 6.07) is 3.91. The molecule has 16 heavy (non-hydrogen) atoms. The lowest BCUT2D eigenvalue weighted by Crippen LogP contribution is -2.18. The van der Waals surface area contributed by atoms with Crippen LogP contribution in [0.5, 0.6) is 5.75 Å². The summed E-state index contributed by atoms with van der Waals surface area (Å²) < 4.78 is 33.7. The van der Waals surface area contributed by atoms with Crippen LogP contribution >= 0.6 is 0 Å². The summed E-state index contributed by atoms with van der Waals surface area (Å²) in [5.41, 5.74) is 0.485. The lowest BCUT2D eigenvalue weighted by atomic mass is 10.1. The number of hydrogen-bond donors (Lipinski definition) is 3. The molecule has 1 unspecified atom stereocenters. The van der Waals surface area contributed by atoms with Crippen LogP contribution in [0.2, 0.25) is 0 Å². The molecule has 1 aliphatic heterocycles. The number of aromatic hydroxyl groups is 1. The molecule has 0 spiro atoms. The predicted molar refractivity (Wildman–Crippen MR) is 52.1 cm³/mol. The minimum atomic E-state index is -4.74. The molecule has 0 aromatic heterocycles. The second kappa shape index (κ2) is 3.44. The number of rotatable bonds is 2. The lowest BCUT2D eigenvalue weighted by molar-refractivity contribution is -0.122. The zero-order valence-electron chi connectivity index (χ0n) is 7.75. The van der Waals surface area contributed by atoms with Crippen molar-refractivity contribution in [2.75, 3.05) is 5.32 Å². The molecule has 2 rings (SSSR count). The van der Waals surface area contributed by atoms with Gasteiger partial charge in [-0.3, -0.25) is 9.35 Å². The second-order valence-electron chi connectivity index (χ2n) is 3.16. The predicted octanol–water partition coefficient (Wildman–Crippen LogP) is 0.205. The molecule has 7 nitrogen and oxygen atoms in total. The van der Waals surface area contributed by atoms with Crippen molar-refractivity contribution < 1.29 is 27.1 Å². The average Bonchev–Trinajstić information content (AvgIpc) is 2.42. The molecule has 3 N–H and O–H groups in total. The van der Waals surface area contributed by atoms with Gasteiger partial charge in [-0.05, 0) is 18.2 Å². The minimum absolute atomic E-state index is 0.140. The molecular formula is C8H7NO6S. The van der Waals surface area contributed by atoms with E-state index in [1.807, 2.05) is 0 Å². The molecule has 1 heterocycles. The number of amides is 1. The fraction of sp³-hybridized carbons (Fsp3) is 0.125. The quantitative estimate of drug-likeness (QED) is 0.507. The van der Waals surface area contributed by atoms with Gasteiger partial charge in [0.2, 0.25) is 0 Å². The Balaban J connectivity index is 2.43. The molecule has 1 aromatic rings.